The Balaban J connectivity index is 3.38. The Kier molecular flexibility index (Phi) is 2.92. The predicted octanol–water partition coefficient (Wildman–Crippen LogP) is 1.16. The van der Waals surface area contributed by atoms with E-state index < -0.39 is 5.97 Å². The fraction of sp³-hybridized carbons (Fsp3) is 0.500. The molecule has 0 aromatic heterocycles. The van der Waals surface area contributed by atoms with E-state index >= 15 is 0 Å². The molecule has 1 unspecified atom stereocenters. The molecule has 0 saturated heterocycles. The Hall–Kier alpha value is -0.790. The summed E-state index contributed by atoms with van der Waals surface area (Å²) in [5.74, 6) is -0.989. The molecule has 0 aromatic carbocycles. The Morgan fingerprint density at radius 2 is 2.38 bits per heavy atom. The maximum Gasteiger partial charge on any atom is 0.356 e. The highest BCUT2D eigenvalue weighted by Gasteiger charge is 2.03. The Morgan fingerprint density at radius 1 is 1.88 bits per heavy atom. The summed E-state index contributed by atoms with van der Waals surface area (Å²) in [4.78, 5) is 9.81. The van der Waals surface area contributed by atoms with E-state index in [9.17, 15) is 9.90 Å². The molecule has 0 heterocycles. The molecular formula is C6H9O2. The number of allylic oxidation sites excluding steroid dienone is 1. The number of hydrogen-bond donors (Lipinski definition) is 0. The first kappa shape index (κ1) is 7.21. The summed E-state index contributed by atoms with van der Waals surface area (Å²) in [6, 6.07) is 0. The fourth-order valence-corrected chi connectivity index (χ4v) is 0.346. The first-order valence-electron chi connectivity index (χ1n) is 2.49. The van der Waals surface area contributed by atoms with E-state index in [2.05, 4.69) is 6.58 Å². The minimum absolute atomic E-state index is 0.0278. The first-order valence-corrected chi connectivity index (χ1v) is 2.49. The molecule has 0 aromatic rings. The second kappa shape index (κ2) is 3.24. The molecule has 2 heteroatoms. The van der Waals surface area contributed by atoms with Crippen molar-refractivity contribution in [1.82, 2.24) is 0 Å². The molecule has 0 N–H and O–H groups in total. The minimum Gasteiger partial charge on any atom is -0.247 e. The zero-order valence-electron chi connectivity index (χ0n) is 4.89. The lowest BCUT2D eigenvalue weighted by Crippen LogP contribution is -1.98. The van der Waals surface area contributed by atoms with E-state index in [4.69, 9.17) is 0 Å². The van der Waals surface area contributed by atoms with Crippen LogP contribution >= 0.6 is 0 Å². The van der Waals surface area contributed by atoms with Gasteiger partial charge in [0.05, 0.1) is 6.42 Å². The maximum atomic E-state index is 9.81. The van der Waals surface area contributed by atoms with Gasteiger partial charge < -0.3 is 0 Å². The lowest BCUT2D eigenvalue weighted by Gasteiger charge is -1.95. The lowest BCUT2D eigenvalue weighted by atomic mass is 10.1. The fourth-order valence-electron chi connectivity index (χ4n) is 0.346. The van der Waals surface area contributed by atoms with Crippen LogP contribution in [-0.2, 0) is 9.90 Å². The van der Waals surface area contributed by atoms with Gasteiger partial charge in [-0.25, -0.2) is 9.90 Å². The third-order valence-electron chi connectivity index (χ3n) is 0.891. The summed E-state index contributed by atoms with van der Waals surface area (Å²) in [6.07, 6.45) is 1.67. The van der Waals surface area contributed by atoms with Crippen LogP contribution in [0.5, 0.6) is 0 Å². The number of carbonyl (C=O) groups is 1. The van der Waals surface area contributed by atoms with Gasteiger partial charge in [-0.3, -0.25) is 0 Å². The summed E-state index contributed by atoms with van der Waals surface area (Å²) in [5, 5.41) is 9.81. The molecule has 1 atom stereocenters. The van der Waals surface area contributed by atoms with Crippen molar-refractivity contribution in [3.63, 3.8) is 0 Å². The van der Waals surface area contributed by atoms with Crippen LogP contribution in [0, 0.1) is 5.92 Å². The maximum absolute atomic E-state index is 9.81. The second-order valence-electron chi connectivity index (χ2n) is 1.79. The van der Waals surface area contributed by atoms with E-state index in [0.29, 0.717) is 0 Å². The summed E-state index contributed by atoms with van der Waals surface area (Å²) < 4.78 is 0. The van der Waals surface area contributed by atoms with Gasteiger partial charge in [0.25, 0.3) is 0 Å². The molecule has 0 rings (SSSR count). The van der Waals surface area contributed by atoms with Crippen LogP contribution in [0.25, 0.3) is 0 Å². The third-order valence-corrected chi connectivity index (χ3v) is 0.891. The SMILES string of the molecule is C=CC(C)CC([O])=O. The molecule has 8 heavy (non-hydrogen) atoms. The monoisotopic (exact) mass is 113 g/mol. The first-order chi connectivity index (χ1) is 3.66. The zero-order valence-corrected chi connectivity index (χ0v) is 4.89. The predicted molar refractivity (Wildman–Crippen MR) is 29.7 cm³/mol. The molecule has 1 radical (unpaired) electrons. The van der Waals surface area contributed by atoms with Crippen LogP contribution in [0.4, 0.5) is 0 Å². The molecular weight excluding hydrogens is 104 g/mol. The van der Waals surface area contributed by atoms with Gasteiger partial charge in [-0.2, -0.15) is 0 Å². The van der Waals surface area contributed by atoms with Gasteiger partial charge in [-0.05, 0) is 5.92 Å². The van der Waals surface area contributed by atoms with E-state index in [0.717, 1.165) is 0 Å². The van der Waals surface area contributed by atoms with Crippen molar-refractivity contribution in [2.75, 3.05) is 0 Å². The average Bonchev–Trinajstić information content (AvgIpc) is 1.65. The van der Waals surface area contributed by atoms with E-state index in [-0.39, 0.29) is 12.3 Å². The van der Waals surface area contributed by atoms with E-state index in [1.54, 1.807) is 13.0 Å². The largest absolute Gasteiger partial charge is 0.356 e. The molecule has 0 bridgehead atoms. The van der Waals surface area contributed by atoms with Gasteiger partial charge >= 0.3 is 5.97 Å². The molecule has 45 valence electrons. The lowest BCUT2D eigenvalue weighted by molar-refractivity contribution is -0.143. The van der Waals surface area contributed by atoms with Crippen molar-refractivity contribution < 1.29 is 9.90 Å². The normalized spacial score (nSPS) is 12.6. The highest BCUT2D eigenvalue weighted by atomic mass is 16.4. The van der Waals surface area contributed by atoms with Gasteiger partial charge in [0.1, 0.15) is 0 Å². The van der Waals surface area contributed by atoms with Gasteiger partial charge in [-0.1, -0.05) is 13.0 Å². The standard InChI is InChI=1S/C6H9O2/c1-3-5(2)4-6(7)8/h3,5H,1,4H2,2H3. The van der Waals surface area contributed by atoms with Crippen molar-refractivity contribution in [3.8, 4) is 0 Å². The molecule has 0 aliphatic heterocycles. The van der Waals surface area contributed by atoms with E-state index in [1.165, 1.54) is 0 Å². The molecule has 0 amide bonds. The summed E-state index contributed by atoms with van der Waals surface area (Å²) in [6.45, 7) is 5.20. The van der Waals surface area contributed by atoms with Crippen LogP contribution < -0.4 is 0 Å². The average molecular weight is 113 g/mol. The Labute approximate surface area is 48.8 Å². The van der Waals surface area contributed by atoms with Gasteiger partial charge in [0, 0.05) is 0 Å². The van der Waals surface area contributed by atoms with Crippen LogP contribution in [0.1, 0.15) is 13.3 Å². The number of rotatable bonds is 3. The van der Waals surface area contributed by atoms with Crippen molar-refractivity contribution in [2.45, 2.75) is 13.3 Å². The van der Waals surface area contributed by atoms with E-state index in [1.807, 2.05) is 0 Å². The summed E-state index contributed by atoms with van der Waals surface area (Å²) in [5.41, 5.74) is 0. The van der Waals surface area contributed by atoms with Crippen molar-refractivity contribution in [3.05, 3.63) is 12.7 Å². The number of hydrogen-bond acceptors (Lipinski definition) is 1. The highest BCUT2D eigenvalue weighted by Crippen LogP contribution is 2.00. The Morgan fingerprint density at radius 3 is 2.50 bits per heavy atom. The highest BCUT2D eigenvalue weighted by molar-refractivity contribution is 5.66. The topological polar surface area (TPSA) is 37.0 Å². The van der Waals surface area contributed by atoms with Gasteiger partial charge in [0.15, 0.2) is 0 Å². The summed E-state index contributed by atoms with van der Waals surface area (Å²) in [7, 11) is 0. The third kappa shape index (κ3) is 3.40. The Bertz CT molecular complexity index is 96.7. The zero-order chi connectivity index (χ0) is 6.57. The van der Waals surface area contributed by atoms with Crippen LogP contribution in [0.15, 0.2) is 12.7 Å². The molecule has 0 fully saturated rings. The van der Waals surface area contributed by atoms with Gasteiger partial charge in [0.2, 0.25) is 0 Å². The molecule has 0 aliphatic rings. The summed E-state index contributed by atoms with van der Waals surface area (Å²) >= 11 is 0. The van der Waals surface area contributed by atoms with Crippen LogP contribution in [0.2, 0.25) is 0 Å². The molecule has 0 aliphatic carbocycles. The quantitative estimate of drug-likeness (QED) is 0.506. The molecule has 2 nitrogen and oxygen atoms in total. The molecule has 0 saturated carbocycles. The second-order valence-corrected chi connectivity index (χ2v) is 1.79. The van der Waals surface area contributed by atoms with Crippen molar-refractivity contribution in [1.29, 1.82) is 0 Å². The van der Waals surface area contributed by atoms with Crippen molar-refractivity contribution >= 4 is 5.97 Å². The van der Waals surface area contributed by atoms with Gasteiger partial charge in [-0.15, -0.1) is 6.58 Å². The van der Waals surface area contributed by atoms with Crippen molar-refractivity contribution in [2.24, 2.45) is 5.92 Å². The minimum atomic E-state index is -1.02. The number of carbonyl (C=O) groups excluding carboxylic acids is 1. The smallest absolute Gasteiger partial charge is 0.247 e. The molecule has 0 spiro atoms. The van der Waals surface area contributed by atoms with Crippen LogP contribution in [-0.4, -0.2) is 5.97 Å². The van der Waals surface area contributed by atoms with Crippen LogP contribution in [0.3, 0.4) is 0 Å².